The minimum atomic E-state index is -4.76. The summed E-state index contributed by atoms with van der Waals surface area (Å²) >= 11 is 9.18. The van der Waals surface area contributed by atoms with Crippen LogP contribution in [0.5, 0.6) is 0 Å². The number of alkyl halides is 3. The van der Waals surface area contributed by atoms with Crippen LogP contribution in [0.4, 0.5) is 23.4 Å². The number of amides is 1. The fraction of sp³-hybridized carbons (Fsp3) is 0.0833. The first-order chi connectivity index (χ1) is 17.6. The van der Waals surface area contributed by atoms with Gasteiger partial charge >= 0.3 is 6.18 Å². The van der Waals surface area contributed by atoms with Crippen molar-refractivity contribution in [2.75, 3.05) is 5.32 Å². The Balaban J connectivity index is 1.44. The molecule has 0 radical (unpaired) electrons. The second kappa shape index (κ2) is 9.60. The largest absolute Gasteiger partial charge is 0.433 e. The Hall–Kier alpha value is -3.77. The first-order valence-electron chi connectivity index (χ1n) is 10.6. The third kappa shape index (κ3) is 5.35. The summed E-state index contributed by atoms with van der Waals surface area (Å²) in [5, 5.41) is 11.1. The molecule has 3 heterocycles. The van der Waals surface area contributed by atoms with E-state index in [9.17, 15) is 22.4 Å². The molecule has 0 saturated carbocycles. The first kappa shape index (κ1) is 24.9. The van der Waals surface area contributed by atoms with Gasteiger partial charge in [-0.15, -0.1) is 0 Å². The van der Waals surface area contributed by atoms with Crippen LogP contribution in [0.25, 0.3) is 16.9 Å². The van der Waals surface area contributed by atoms with Crippen molar-refractivity contribution in [1.29, 1.82) is 0 Å². The highest BCUT2D eigenvalue weighted by atomic mass is 79.9. The minimum Gasteiger partial charge on any atom is -0.303 e. The smallest absolute Gasteiger partial charge is 0.303 e. The van der Waals surface area contributed by atoms with Crippen molar-refractivity contribution in [3.8, 4) is 11.3 Å². The topological polar surface area (TPSA) is 77.1 Å². The monoisotopic (exact) mass is 592 g/mol. The molecule has 0 fully saturated rings. The van der Waals surface area contributed by atoms with Gasteiger partial charge in [0.1, 0.15) is 5.82 Å². The Labute approximate surface area is 219 Å². The Morgan fingerprint density at radius 3 is 2.41 bits per heavy atom. The fourth-order valence-electron chi connectivity index (χ4n) is 3.57. The van der Waals surface area contributed by atoms with Crippen LogP contribution in [-0.4, -0.2) is 30.3 Å². The minimum absolute atomic E-state index is 0.0469. The van der Waals surface area contributed by atoms with Gasteiger partial charge < -0.3 is 5.32 Å². The molecule has 188 valence electrons. The molecule has 0 aliphatic heterocycles. The molecule has 1 amide bonds. The second-order valence-electron chi connectivity index (χ2n) is 7.93. The highest BCUT2D eigenvalue weighted by Gasteiger charge is 2.35. The van der Waals surface area contributed by atoms with Crippen LogP contribution in [0, 0.1) is 5.82 Å². The Morgan fingerprint density at radius 2 is 1.73 bits per heavy atom. The number of hydrogen-bond donors (Lipinski definition) is 1. The van der Waals surface area contributed by atoms with Crippen molar-refractivity contribution in [2.45, 2.75) is 12.7 Å². The summed E-state index contributed by atoms with van der Waals surface area (Å²) in [5.74, 6) is -1.01. The molecule has 1 N–H and O–H groups in total. The summed E-state index contributed by atoms with van der Waals surface area (Å²) in [4.78, 5) is 17.1. The SMILES string of the molecule is O=C(Nc1nn(Cc2ccc(F)cc2)cc1Br)c1cc2nc(-c3ccc(Cl)cc3)cc(C(F)(F)F)n2n1. The molecule has 0 aliphatic rings. The van der Waals surface area contributed by atoms with Crippen LogP contribution >= 0.6 is 27.5 Å². The molecule has 13 heteroatoms. The van der Waals surface area contributed by atoms with Crippen molar-refractivity contribution in [3.05, 3.63) is 99.1 Å². The van der Waals surface area contributed by atoms with Crippen molar-refractivity contribution < 1.29 is 22.4 Å². The van der Waals surface area contributed by atoms with E-state index in [0.29, 0.717) is 26.1 Å². The van der Waals surface area contributed by atoms with Crippen molar-refractivity contribution in [1.82, 2.24) is 24.4 Å². The third-order valence-electron chi connectivity index (χ3n) is 5.30. The Bertz CT molecular complexity index is 1610. The summed E-state index contributed by atoms with van der Waals surface area (Å²) in [6.45, 7) is 0.301. The molecular weight excluding hydrogens is 580 g/mol. The maximum atomic E-state index is 13.8. The predicted molar refractivity (Wildman–Crippen MR) is 132 cm³/mol. The fourth-order valence-corrected chi connectivity index (χ4v) is 4.11. The van der Waals surface area contributed by atoms with E-state index in [-0.39, 0.29) is 28.7 Å². The molecule has 0 unspecified atom stereocenters. The number of anilines is 1. The average molecular weight is 594 g/mol. The number of fused-ring (bicyclic) bond motifs is 1. The summed E-state index contributed by atoms with van der Waals surface area (Å²) < 4.78 is 57.2. The van der Waals surface area contributed by atoms with E-state index in [1.807, 2.05) is 0 Å². The normalized spacial score (nSPS) is 11.7. The molecule has 5 rings (SSSR count). The van der Waals surface area contributed by atoms with Gasteiger partial charge in [0, 0.05) is 22.8 Å². The summed E-state index contributed by atoms with van der Waals surface area (Å²) in [6, 6.07) is 14.0. The van der Waals surface area contributed by atoms with Gasteiger partial charge in [-0.25, -0.2) is 13.9 Å². The maximum absolute atomic E-state index is 13.8. The molecule has 0 aliphatic carbocycles. The lowest BCUT2D eigenvalue weighted by Gasteiger charge is -2.11. The molecule has 5 aromatic rings. The van der Waals surface area contributed by atoms with Crippen LogP contribution in [0.3, 0.4) is 0 Å². The quantitative estimate of drug-likeness (QED) is 0.237. The third-order valence-corrected chi connectivity index (χ3v) is 6.13. The molecule has 0 spiro atoms. The highest BCUT2D eigenvalue weighted by Crippen LogP contribution is 2.33. The van der Waals surface area contributed by atoms with E-state index in [2.05, 4.69) is 36.4 Å². The van der Waals surface area contributed by atoms with E-state index in [1.54, 1.807) is 42.6 Å². The standard InChI is InChI=1S/C24H14BrClF4N6O/c25-17-12-35(11-13-1-7-16(27)8-2-13)34-22(17)32-23(37)19-10-21-31-18(14-3-5-15(26)6-4-14)9-20(24(28,29)30)36(21)33-19/h1-10,12H,11H2,(H,32,34,37). The van der Waals surface area contributed by atoms with Crippen molar-refractivity contribution in [2.24, 2.45) is 0 Å². The molecule has 0 bridgehead atoms. The van der Waals surface area contributed by atoms with Gasteiger partial charge in [-0.3, -0.25) is 9.48 Å². The van der Waals surface area contributed by atoms with Crippen LogP contribution in [0.1, 0.15) is 21.7 Å². The van der Waals surface area contributed by atoms with Crippen LogP contribution in [-0.2, 0) is 12.7 Å². The number of rotatable bonds is 5. The van der Waals surface area contributed by atoms with Gasteiger partial charge in [0.25, 0.3) is 5.91 Å². The zero-order valence-corrected chi connectivity index (χ0v) is 20.8. The van der Waals surface area contributed by atoms with Gasteiger partial charge in [-0.05, 0) is 51.8 Å². The molecule has 0 atom stereocenters. The predicted octanol–water partition coefficient (Wildman–Crippen LogP) is 6.47. The van der Waals surface area contributed by atoms with E-state index in [0.717, 1.165) is 17.7 Å². The van der Waals surface area contributed by atoms with Crippen LogP contribution in [0.2, 0.25) is 5.02 Å². The van der Waals surface area contributed by atoms with Crippen molar-refractivity contribution >= 4 is 44.9 Å². The van der Waals surface area contributed by atoms with E-state index < -0.39 is 17.8 Å². The van der Waals surface area contributed by atoms with E-state index in [1.165, 1.54) is 16.8 Å². The Morgan fingerprint density at radius 1 is 1.03 bits per heavy atom. The summed E-state index contributed by atoms with van der Waals surface area (Å²) in [5.41, 5.74) is -0.300. The lowest BCUT2D eigenvalue weighted by molar-refractivity contribution is -0.142. The summed E-state index contributed by atoms with van der Waals surface area (Å²) in [7, 11) is 0. The summed E-state index contributed by atoms with van der Waals surface area (Å²) in [6.07, 6.45) is -3.16. The zero-order chi connectivity index (χ0) is 26.3. The van der Waals surface area contributed by atoms with Crippen LogP contribution < -0.4 is 5.32 Å². The van der Waals surface area contributed by atoms with E-state index in [4.69, 9.17) is 11.6 Å². The highest BCUT2D eigenvalue weighted by molar-refractivity contribution is 9.10. The lowest BCUT2D eigenvalue weighted by Crippen LogP contribution is -2.16. The number of nitrogens with zero attached hydrogens (tertiary/aromatic N) is 5. The zero-order valence-electron chi connectivity index (χ0n) is 18.5. The van der Waals surface area contributed by atoms with E-state index >= 15 is 0 Å². The number of carbonyl (C=O) groups excluding carboxylic acids is 1. The number of halogens is 6. The molecule has 2 aromatic carbocycles. The number of hydrogen-bond acceptors (Lipinski definition) is 4. The molecule has 3 aromatic heterocycles. The van der Waals surface area contributed by atoms with Gasteiger partial charge in [0.2, 0.25) is 0 Å². The number of carbonyl (C=O) groups is 1. The van der Waals surface area contributed by atoms with Crippen molar-refractivity contribution in [3.63, 3.8) is 0 Å². The molecule has 7 nitrogen and oxygen atoms in total. The Kier molecular flexibility index (Phi) is 6.46. The molecule has 0 saturated heterocycles. The lowest BCUT2D eigenvalue weighted by atomic mass is 10.1. The molecular formula is C24H14BrClF4N6O. The van der Waals surface area contributed by atoms with Gasteiger partial charge in [0.15, 0.2) is 22.9 Å². The number of aromatic nitrogens is 5. The van der Waals surface area contributed by atoms with Crippen LogP contribution in [0.15, 0.2) is 71.3 Å². The number of nitrogens with one attached hydrogen (secondary N) is 1. The molecule has 37 heavy (non-hydrogen) atoms. The maximum Gasteiger partial charge on any atom is 0.433 e. The van der Waals surface area contributed by atoms with Gasteiger partial charge in [-0.1, -0.05) is 35.9 Å². The average Bonchev–Trinajstić information content (AvgIpc) is 3.43. The second-order valence-corrected chi connectivity index (χ2v) is 9.23. The van der Waals surface area contributed by atoms with Gasteiger partial charge in [-0.2, -0.15) is 23.4 Å². The number of benzene rings is 2. The first-order valence-corrected chi connectivity index (χ1v) is 11.8. The van der Waals surface area contributed by atoms with Gasteiger partial charge in [0.05, 0.1) is 16.7 Å².